The molecule has 0 heterocycles. The first-order chi connectivity index (χ1) is 29.0. The predicted molar refractivity (Wildman–Crippen MR) is 239 cm³/mol. The molecule has 1 aliphatic carbocycles. The Morgan fingerprint density at radius 2 is 1.38 bits per heavy atom. The van der Waals surface area contributed by atoms with E-state index in [-0.39, 0.29) is 50.7 Å². The summed E-state index contributed by atoms with van der Waals surface area (Å²) in [6.07, 6.45) is 41.1. The molecule has 0 bridgehead atoms. The molecule has 1 unspecified atom stereocenters. The molecule has 0 radical (unpaired) electrons. The summed E-state index contributed by atoms with van der Waals surface area (Å²) in [4.78, 5) is 47.5. The highest BCUT2D eigenvalue weighted by Gasteiger charge is 2.39. The Hall–Kier alpha value is -3.48. The number of carbonyl (C=O) groups is 3. The van der Waals surface area contributed by atoms with Crippen molar-refractivity contribution < 1.29 is 52.6 Å². The number of ketones is 1. The van der Waals surface area contributed by atoms with Crippen molar-refractivity contribution in [1.82, 2.24) is 0 Å². The van der Waals surface area contributed by atoms with Gasteiger partial charge in [0.05, 0.1) is 25.4 Å². The maximum absolute atomic E-state index is 12.7. The van der Waals surface area contributed by atoms with Crippen LogP contribution in [0.1, 0.15) is 123 Å². The van der Waals surface area contributed by atoms with E-state index in [9.17, 15) is 34.1 Å². The number of carbonyl (C=O) groups excluding carboxylic acids is 3. The van der Waals surface area contributed by atoms with Crippen LogP contribution in [0.4, 0.5) is 0 Å². The molecule has 338 valence electrons. The van der Waals surface area contributed by atoms with Crippen LogP contribution < -0.4 is 5.73 Å². The van der Waals surface area contributed by atoms with Gasteiger partial charge in [-0.1, -0.05) is 130 Å². The van der Waals surface area contributed by atoms with Crippen molar-refractivity contribution in [3.8, 4) is 0 Å². The van der Waals surface area contributed by atoms with Crippen molar-refractivity contribution >= 4 is 25.5 Å². The Morgan fingerprint density at radius 1 is 0.783 bits per heavy atom. The molecule has 1 aliphatic rings. The van der Waals surface area contributed by atoms with Crippen molar-refractivity contribution in [2.24, 2.45) is 17.6 Å². The van der Waals surface area contributed by atoms with Crippen LogP contribution in [0.25, 0.3) is 0 Å². The minimum atomic E-state index is -4.48. The van der Waals surface area contributed by atoms with Crippen LogP contribution in [-0.2, 0) is 37.5 Å². The monoisotopic (exact) mass is 859 g/mol. The summed E-state index contributed by atoms with van der Waals surface area (Å²) in [5.74, 6) is -1.93. The molecule has 0 aromatic heterocycles. The van der Waals surface area contributed by atoms with Crippen molar-refractivity contribution in [3.63, 3.8) is 0 Å². The number of Topliss-reactive ketones (excluding diaryl/α,β-unsaturated/α-hetero) is 1. The van der Waals surface area contributed by atoms with E-state index < -0.39 is 50.6 Å². The molecule has 0 saturated heterocycles. The summed E-state index contributed by atoms with van der Waals surface area (Å²) >= 11 is 0. The fourth-order valence-electron chi connectivity index (χ4n) is 6.05. The third kappa shape index (κ3) is 29.7. The molecule has 1 fully saturated rings. The molecule has 0 aliphatic heterocycles. The zero-order chi connectivity index (χ0) is 44.1. The number of allylic oxidation sites excluding steroid dienone is 15. The van der Waals surface area contributed by atoms with Crippen LogP contribution >= 0.6 is 7.82 Å². The zero-order valence-electron chi connectivity index (χ0n) is 36.1. The maximum Gasteiger partial charge on any atom is 0.472 e. The molecule has 6 atom stereocenters. The van der Waals surface area contributed by atoms with Gasteiger partial charge in [0.2, 0.25) is 0 Å². The van der Waals surface area contributed by atoms with Gasteiger partial charge in [0.15, 0.2) is 6.10 Å². The normalized spacial score (nSPS) is 19.8. The van der Waals surface area contributed by atoms with E-state index >= 15 is 0 Å². The molecule has 0 amide bonds. The topological polar surface area (TPSA) is 192 Å². The lowest BCUT2D eigenvalue weighted by Gasteiger charge is -2.19. The van der Waals surface area contributed by atoms with Gasteiger partial charge in [-0.2, -0.15) is 0 Å². The van der Waals surface area contributed by atoms with Gasteiger partial charge < -0.3 is 30.3 Å². The fraction of sp³-hybridized carbons (Fsp3) is 0.596. The highest BCUT2D eigenvalue weighted by atomic mass is 31.2. The lowest BCUT2D eigenvalue weighted by Crippen LogP contribution is -2.29. The minimum Gasteiger partial charge on any atom is -0.462 e. The number of unbranched alkanes of at least 4 members (excludes halogenated alkanes) is 3. The molecule has 60 heavy (non-hydrogen) atoms. The molecule has 0 spiro atoms. The number of phosphoric ester groups is 1. The van der Waals surface area contributed by atoms with Crippen LogP contribution in [0.2, 0.25) is 0 Å². The Morgan fingerprint density at radius 3 is 1.98 bits per heavy atom. The lowest BCUT2D eigenvalue weighted by molar-refractivity contribution is -0.161. The largest absolute Gasteiger partial charge is 0.472 e. The van der Waals surface area contributed by atoms with E-state index in [1.54, 1.807) is 12.2 Å². The average Bonchev–Trinajstić information content (AvgIpc) is 3.49. The third-order valence-electron chi connectivity index (χ3n) is 9.34. The number of esters is 2. The van der Waals surface area contributed by atoms with Gasteiger partial charge in [-0.05, 0) is 70.6 Å². The minimum absolute atomic E-state index is 0.00450. The van der Waals surface area contributed by atoms with Crippen LogP contribution in [0, 0.1) is 11.8 Å². The fourth-order valence-corrected chi connectivity index (χ4v) is 6.82. The van der Waals surface area contributed by atoms with E-state index in [0.29, 0.717) is 32.1 Å². The van der Waals surface area contributed by atoms with Crippen molar-refractivity contribution in [2.45, 2.75) is 141 Å². The van der Waals surface area contributed by atoms with E-state index in [2.05, 4.69) is 74.6 Å². The average molecular weight is 860 g/mol. The molecular formula is C47H74NO11P. The first-order valence-corrected chi connectivity index (χ1v) is 23.3. The van der Waals surface area contributed by atoms with E-state index in [0.717, 1.165) is 57.8 Å². The molecule has 0 aromatic carbocycles. The van der Waals surface area contributed by atoms with Gasteiger partial charge in [0, 0.05) is 37.6 Å². The highest BCUT2D eigenvalue weighted by Crippen LogP contribution is 2.43. The van der Waals surface area contributed by atoms with Crippen LogP contribution in [-0.4, -0.2) is 77.5 Å². The van der Waals surface area contributed by atoms with Crippen LogP contribution in [0.3, 0.4) is 0 Å². The first kappa shape index (κ1) is 54.5. The van der Waals surface area contributed by atoms with Crippen LogP contribution in [0.15, 0.2) is 97.2 Å². The number of rotatable bonds is 35. The summed E-state index contributed by atoms with van der Waals surface area (Å²) in [6, 6.07) is 0. The third-order valence-corrected chi connectivity index (χ3v) is 10.3. The Balaban J connectivity index is 2.47. The van der Waals surface area contributed by atoms with Crippen molar-refractivity contribution in [3.05, 3.63) is 97.2 Å². The number of phosphoric acid groups is 1. The second-order valence-corrected chi connectivity index (χ2v) is 16.1. The summed E-state index contributed by atoms with van der Waals surface area (Å²) < 4.78 is 32.6. The van der Waals surface area contributed by atoms with E-state index in [4.69, 9.17) is 24.3 Å². The number of hydrogen-bond donors (Lipinski definition) is 4. The highest BCUT2D eigenvalue weighted by molar-refractivity contribution is 7.47. The SMILES string of the molecule is CC/C=C\C/C=C\C/C=C\C/C=C\C/C=C\C/C=C\CCC(=O)OC[C@H](COP(=O)(O)OCCN)OC(=O)CCC/C=C\C[C@H]1[C@@H](O)CC(=O)[C@@H]1/C=C/[C@@H](O)CCCCC. The Bertz CT molecular complexity index is 1460. The lowest BCUT2D eigenvalue weighted by atomic mass is 9.90. The van der Waals surface area contributed by atoms with Crippen LogP contribution in [0.5, 0.6) is 0 Å². The Labute approximate surface area is 359 Å². The van der Waals surface area contributed by atoms with Crippen molar-refractivity contribution in [1.29, 1.82) is 0 Å². The van der Waals surface area contributed by atoms with E-state index in [1.807, 2.05) is 24.3 Å². The second-order valence-electron chi connectivity index (χ2n) is 14.6. The zero-order valence-corrected chi connectivity index (χ0v) is 37.0. The summed E-state index contributed by atoms with van der Waals surface area (Å²) in [5.41, 5.74) is 5.33. The predicted octanol–water partition coefficient (Wildman–Crippen LogP) is 9.19. The molecule has 5 N–H and O–H groups in total. The number of ether oxygens (including phenoxy) is 2. The summed E-state index contributed by atoms with van der Waals surface area (Å²) in [5, 5.41) is 20.7. The number of hydrogen-bond acceptors (Lipinski definition) is 11. The molecule has 0 aromatic rings. The van der Waals surface area contributed by atoms with Gasteiger partial charge in [-0.3, -0.25) is 23.4 Å². The number of nitrogens with two attached hydrogens (primary N) is 1. The smallest absolute Gasteiger partial charge is 0.462 e. The number of aliphatic hydroxyl groups excluding tert-OH is 2. The summed E-state index contributed by atoms with van der Waals surface area (Å²) in [7, 11) is -4.48. The number of aliphatic hydroxyl groups is 2. The molecular weight excluding hydrogens is 785 g/mol. The molecule has 13 heteroatoms. The van der Waals surface area contributed by atoms with Gasteiger partial charge in [-0.25, -0.2) is 4.57 Å². The standard InChI is InChI=1S/C47H74NO11P/c1-3-5-7-8-9-10-11-12-13-14-15-16-17-18-19-20-21-22-27-31-46(52)56-38-41(39-58-60(54,55)57-36-35-48)59-47(53)32-28-24-23-26-30-42-43(45(51)37-44(42)50)34-33-40(49)29-25-6-4-2/h5,7,9-10,12-13,15-16,18-19,21-23,26,33-34,40-44,49-50H,3-4,6,8,11,14,17,20,24-25,27-32,35-39,48H2,1-2H3,(H,54,55)/b7-5-,10-9-,13-12-,16-15-,19-18-,22-21-,26-23-,34-33+/t40-,41+,42+,43+,44-/m0/s1. The molecule has 1 saturated carbocycles. The second kappa shape index (κ2) is 36.2. The molecule has 12 nitrogen and oxygen atoms in total. The van der Waals surface area contributed by atoms with Gasteiger partial charge in [0.25, 0.3) is 0 Å². The Kier molecular flexibility index (Phi) is 32.9. The molecule has 1 rings (SSSR count). The quantitative estimate of drug-likeness (QED) is 0.0205. The maximum atomic E-state index is 12.7. The summed E-state index contributed by atoms with van der Waals surface area (Å²) in [6.45, 7) is 3.08. The van der Waals surface area contributed by atoms with Gasteiger partial charge in [0.1, 0.15) is 12.4 Å². The van der Waals surface area contributed by atoms with E-state index in [1.165, 1.54) is 0 Å². The van der Waals surface area contributed by atoms with Gasteiger partial charge in [-0.15, -0.1) is 0 Å². The van der Waals surface area contributed by atoms with Crippen molar-refractivity contribution in [2.75, 3.05) is 26.4 Å². The first-order valence-electron chi connectivity index (χ1n) is 21.8. The van der Waals surface area contributed by atoms with Gasteiger partial charge >= 0.3 is 19.8 Å².